The number of aromatic amines is 2. The third-order valence-corrected chi connectivity index (χ3v) is 4.20. The van der Waals surface area contributed by atoms with Crippen LogP contribution in [0.2, 0.25) is 5.02 Å². The van der Waals surface area contributed by atoms with Crippen LogP contribution in [0.25, 0.3) is 33.4 Å². The number of hydrogen-bond acceptors (Lipinski definition) is 4. The summed E-state index contributed by atoms with van der Waals surface area (Å²) in [5.41, 5.74) is 5.04. The highest BCUT2D eigenvalue weighted by Gasteiger charge is 2.11. The molecule has 0 fully saturated rings. The molecule has 0 bridgehead atoms. The number of aromatic nitrogens is 4. The monoisotopic (exact) mass is 368 g/mol. The van der Waals surface area contributed by atoms with Crippen molar-refractivity contribution < 1.29 is 14.6 Å². The van der Waals surface area contributed by atoms with Crippen LogP contribution in [0.15, 0.2) is 48.7 Å². The van der Waals surface area contributed by atoms with Crippen molar-refractivity contribution in [3.8, 4) is 28.4 Å². The van der Waals surface area contributed by atoms with E-state index in [-0.39, 0.29) is 6.01 Å². The average molecular weight is 369 g/mol. The Labute approximate surface area is 152 Å². The van der Waals surface area contributed by atoms with Gasteiger partial charge in [0.25, 0.3) is 6.01 Å². The van der Waals surface area contributed by atoms with Crippen molar-refractivity contribution in [1.29, 1.82) is 0 Å². The summed E-state index contributed by atoms with van der Waals surface area (Å²) in [6.07, 6.45) is 1.70. The van der Waals surface area contributed by atoms with E-state index in [1.54, 1.807) is 12.3 Å². The van der Waals surface area contributed by atoms with Gasteiger partial charge < -0.3 is 14.8 Å². The Bertz CT molecular complexity index is 1070. The molecule has 0 amide bonds. The number of ether oxygens (including phenoxy) is 1. The second-order valence-electron chi connectivity index (χ2n) is 5.62. The van der Waals surface area contributed by atoms with Crippen LogP contribution in [-0.4, -0.2) is 37.8 Å². The molecule has 2 heterocycles. The molecule has 4 rings (SSSR count). The lowest BCUT2D eigenvalue weighted by molar-refractivity contribution is -0.139. The van der Waals surface area contributed by atoms with Gasteiger partial charge in [-0.1, -0.05) is 35.9 Å². The van der Waals surface area contributed by atoms with Crippen molar-refractivity contribution >= 4 is 28.6 Å². The van der Waals surface area contributed by atoms with Gasteiger partial charge in [0, 0.05) is 11.8 Å². The Morgan fingerprint density at radius 1 is 1.15 bits per heavy atom. The Hall–Kier alpha value is -3.32. The van der Waals surface area contributed by atoms with Crippen LogP contribution in [-0.2, 0) is 4.79 Å². The smallest absolute Gasteiger partial charge is 0.341 e. The van der Waals surface area contributed by atoms with Crippen LogP contribution >= 0.6 is 11.6 Å². The lowest BCUT2D eigenvalue weighted by atomic mass is 10.0. The van der Waals surface area contributed by atoms with Gasteiger partial charge in [0.2, 0.25) is 0 Å². The molecule has 7 nitrogen and oxygen atoms in total. The van der Waals surface area contributed by atoms with Crippen LogP contribution in [0.4, 0.5) is 0 Å². The standard InChI is InChI=1S/C18H13ClN4O3/c19-13-8-16-15(21-18(22-16)26-9-17(24)25)7-12(13)10-1-3-11(4-2-10)14-5-6-20-23-14/h1-8H,9H2,(H,20,23)(H,21,22)(H,24,25). The Kier molecular flexibility index (Phi) is 4.06. The molecular formula is C18H13ClN4O3. The summed E-state index contributed by atoms with van der Waals surface area (Å²) in [5, 5.41) is 16.1. The van der Waals surface area contributed by atoms with Crippen molar-refractivity contribution in [2.75, 3.05) is 6.61 Å². The van der Waals surface area contributed by atoms with Crippen LogP contribution in [0.1, 0.15) is 0 Å². The fraction of sp³-hybridized carbons (Fsp3) is 0.0556. The molecule has 0 saturated heterocycles. The molecule has 0 unspecified atom stereocenters. The minimum absolute atomic E-state index is 0.144. The van der Waals surface area contributed by atoms with Crippen LogP contribution in [0.5, 0.6) is 6.01 Å². The van der Waals surface area contributed by atoms with E-state index in [0.717, 1.165) is 22.4 Å². The van der Waals surface area contributed by atoms with Gasteiger partial charge in [0.15, 0.2) is 6.61 Å². The molecule has 0 aliphatic rings. The first-order chi connectivity index (χ1) is 12.6. The second kappa shape index (κ2) is 6.53. The van der Waals surface area contributed by atoms with E-state index in [1.165, 1.54) is 0 Å². The van der Waals surface area contributed by atoms with Crippen LogP contribution in [0, 0.1) is 0 Å². The molecule has 3 N–H and O–H groups in total. The third kappa shape index (κ3) is 3.12. The maximum absolute atomic E-state index is 10.6. The highest BCUT2D eigenvalue weighted by Crippen LogP contribution is 2.33. The summed E-state index contributed by atoms with van der Waals surface area (Å²) in [6.45, 7) is -0.463. The number of aliphatic carboxylic acids is 1. The number of carbonyl (C=O) groups is 1. The van der Waals surface area contributed by atoms with Gasteiger partial charge in [-0.15, -0.1) is 0 Å². The molecule has 2 aromatic heterocycles. The Balaban J connectivity index is 1.67. The van der Waals surface area contributed by atoms with Crippen molar-refractivity contribution in [1.82, 2.24) is 20.2 Å². The molecule has 130 valence electrons. The van der Waals surface area contributed by atoms with Gasteiger partial charge in [-0.05, 0) is 29.3 Å². The number of nitrogens with one attached hydrogen (secondary N) is 2. The van der Waals surface area contributed by atoms with Crippen molar-refractivity contribution in [2.45, 2.75) is 0 Å². The number of halogens is 1. The topological polar surface area (TPSA) is 104 Å². The van der Waals surface area contributed by atoms with Gasteiger partial charge in [-0.2, -0.15) is 10.1 Å². The lowest BCUT2D eigenvalue weighted by Crippen LogP contribution is -2.09. The van der Waals surface area contributed by atoms with Gasteiger partial charge in [0.05, 0.1) is 21.7 Å². The Morgan fingerprint density at radius 2 is 1.92 bits per heavy atom. The minimum Gasteiger partial charge on any atom is -0.479 e. The maximum Gasteiger partial charge on any atom is 0.341 e. The molecule has 2 aromatic carbocycles. The molecule has 0 saturated carbocycles. The van der Waals surface area contributed by atoms with E-state index in [0.29, 0.717) is 16.1 Å². The third-order valence-electron chi connectivity index (χ3n) is 3.89. The highest BCUT2D eigenvalue weighted by molar-refractivity contribution is 6.34. The largest absolute Gasteiger partial charge is 0.479 e. The molecule has 0 radical (unpaired) electrons. The normalized spacial score (nSPS) is 11.0. The molecule has 4 aromatic rings. The van der Waals surface area contributed by atoms with E-state index in [9.17, 15) is 4.79 Å². The maximum atomic E-state index is 10.6. The molecular weight excluding hydrogens is 356 g/mol. The van der Waals surface area contributed by atoms with Gasteiger partial charge in [0.1, 0.15) is 0 Å². The first kappa shape index (κ1) is 16.2. The zero-order chi connectivity index (χ0) is 18.1. The molecule has 0 aliphatic heterocycles. The van der Waals surface area contributed by atoms with Gasteiger partial charge >= 0.3 is 5.97 Å². The van der Waals surface area contributed by atoms with Crippen molar-refractivity contribution in [2.24, 2.45) is 0 Å². The van der Waals surface area contributed by atoms with E-state index in [2.05, 4.69) is 20.2 Å². The number of nitrogens with zero attached hydrogens (tertiary/aromatic N) is 2. The minimum atomic E-state index is -1.07. The lowest BCUT2D eigenvalue weighted by Gasteiger charge is -2.06. The van der Waals surface area contributed by atoms with Gasteiger partial charge in [-0.25, -0.2) is 4.79 Å². The highest BCUT2D eigenvalue weighted by atomic mass is 35.5. The fourth-order valence-electron chi connectivity index (χ4n) is 2.67. The Morgan fingerprint density at radius 3 is 2.62 bits per heavy atom. The fourth-order valence-corrected chi connectivity index (χ4v) is 2.95. The van der Waals surface area contributed by atoms with E-state index in [4.69, 9.17) is 21.4 Å². The summed E-state index contributed by atoms with van der Waals surface area (Å²) in [6, 6.07) is 13.5. The number of fused-ring (bicyclic) bond motifs is 1. The molecule has 0 spiro atoms. The summed E-state index contributed by atoms with van der Waals surface area (Å²) < 4.78 is 5.08. The van der Waals surface area contributed by atoms with Crippen LogP contribution < -0.4 is 4.74 Å². The number of imidazole rings is 1. The first-order valence-electron chi connectivity index (χ1n) is 7.74. The number of H-pyrrole nitrogens is 2. The van der Waals surface area contributed by atoms with E-state index in [1.807, 2.05) is 36.4 Å². The quantitative estimate of drug-likeness (QED) is 0.498. The first-order valence-corrected chi connectivity index (χ1v) is 8.12. The molecule has 8 heteroatoms. The van der Waals surface area contributed by atoms with Crippen LogP contribution in [0.3, 0.4) is 0 Å². The summed E-state index contributed by atoms with van der Waals surface area (Å²) in [4.78, 5) is 17.8. The van der Waals surface area contributed by atoms with Crippen molar-refractivity contribution in [3.05, 3.63) is 53.7 Å². The molecule has 0 atom stereocenters. The second-order valence-corrected chi connectivity index (χ2v) is 6.03. The van der Waals surface area contributed by atoms with E-state index >= 15 is 0 Å². The summed E-state index contributed by atoms with van der Waals surface area (Å²) >= 11 is 6.41. The number of carboxylic acid groups (broad SMARTS) is 1. The molecule has 26 heavy (non-hydrogen) atoms. The molecule has 0 aliphatic carbocycles. The number of benzene rings is 2. The summed E-state index contributed by atoms with van der Waals surface area (Å²) in [5.74, 6) is -1.07. The SMILES string of the molecule is O=C(O)COc1nc2cc(-c3ccc(-c4ccn[nH]4)cc3)c(Cl)cc2[nH]1. The van der Waals surface area contributed by atoms with E-state index < -0.39 is 12.6 Å². The summed E-state index contributed by atoms with van der Waals surface area (Å²) in [7, 11) is 0. The predicted octanol–water partition coefficient (Wildman–Crippen LogP) is 3.74. The number of rotatable bonds is 5. The number of carboxylic acids is 1. The predicted molar refractivity (Wildman–Crippen MR) is 97.3 cm³/mol. The van der Waals surface area contributed by atoms with Crippen molar-refractivity contribution in [3.63, 3.8) is 0 Å². The zero-order valence-corrected chi connectivity index (χ0v) is 14.1. The number of hydrogen-bond donors (Lipinski definition) is 3. The zero-order valence-electron chi connectivity index (χ0n) is 13.4. The van der Waals surface area contributed by atoms with Gasteiger partial charge in [-0.3, -0.25) is 5.10 Å². The average Bonchev–Trinajstić information content (AvgIpc) is 3.29.